The van der Waals surface area contributed by atoms with Crippen LogP contribution in [0, 0.1) is 5.92 Å². The Kier molecular flexibility index (Phi) is 10.3. The third kappa shape index (κ3) is 8.65. The van der Waals surface area contributed by atoms with Crippen molar-refractivity contribution in [3.8, 4) is 16.9 Å². The van der Waals surface area contributed by atoms with E-state index in [4.69, 9.17) is 4.74 Å². The highest BCUT2D eigenvalue weighted by Gasteiger charge is 2.26. The first-order chi connectivity index (χ1) is 18.2. The van der Waals surface area contributed by atoms with Gasteiger partial charge in [0.2, 0.25) is 0 Å². The van der Waals surface area contributed by atoms with Crippen molar-refractivity contribution >= 4 is 18.0 Å². The lowest BCUT2D eigenvalue weighted by molar-refractivity contribution is -0.145. The number of hydrogen-bond donors (Lipinski definition) is 3. The molecule has 2 amide bonds. The molecule has 0 aromatic heterocycles. The summed E-state index contributed by atoms with van der Waals surface area (Å²) >= 11 is 0. The molecule has 1 atom stereocenters. The van der Waals surface area contributed by atoms with Crippen LogP contribution in [0.2, 0.25) is 0 Å². The summed E-state index contributed by atoms with van der Waals surface area (Å²) in [4.78, 5) is 39.0. The highest BCUT2D eigenvalue weighted by Crippen LogP contribution is 2.28. The predicted octanol–water partition coefficient (Wildman–Crippen LogP) is 4.86. The molecule has 3 aromatic rings. The maximum atomic E-state index is 13.1. The Labute approximate surface area is 222 Å². The molecule has 0 spiro atoms. The van der Waals surface area contributed by atoms with Crippen LogP contribution in [0.5, 0.6) is 5.75 Å². The molecule has 0 aliphatic heterocycles. The van der Waals surface area contributed by atoms with Crippen molar-refractivity contribution in [1.82, 2.24) is 10.2 Å². The highest BCUT2D eigenvalue weighted by atomic mass is 16.5. The largest absolute Gasteiger partial charge is 0.508 e. The van der Waals surface area contributed by atoms with Crippen molar-refractivity contribution in [2.45, 2.75) is 39.3 Å². The molecule has 0 saturated heterocycles. The molecule has 0 bridgehead atoms. The van der Waals surface area contributed by atoms with Gasteiger partial charge < -0.3 is 25.2 Å². The molecule has 8 heteroatoms. The van der Waals surface area contributed by atoms with Crippen LogP contribution in [0.15, 0.2) is 78.9 Å². The fraction of sp³-hybridized carbons (Fsp3) is 0.300. The average molecular weight is 519 g/mol. The number of benzene rings is 3. The number of rotatable bonds is 12. The van der Waals surface area contributed by atoms with Gasteiger partial charge in [0.15, 0.2) is 0 Å². The quantitative estimate of drug-likeness (QED) is 0.295. The van der Waals surface area contributed by atoms with Gasteiger partial charge in [0, 0.05) is 19.5 Å². The molecule has 8 nitrogen and oxygen atoms in total. The first-order valence-corrected chi connectivity index (χ1v) is 12.6. The van der Waals surface area contributed by atoms with E-state index in [1.165, 1.54) is 11.0 Å². The molecule has 0 aliphatic rings. The normalized spacial score (nSPS) is 11.6. The zero-order chi connectivity index (χ0) is 27.5. The summed E-state index contributed by atoms with van der Waals surface area (Å²) in [7, 11) is 0. The Hall–Kier alpha value is -4.33. The first kappa shape index (κ1) is 28.2. The van der Waals surface area contributed by atoms with Crippen LogP contribution in [-0.4, -0.2) is 52.2 Å². The van der Waals surface area contributed by atoms with Crippen LogP contribution in [0.1, 0.15) is 31.4 Å². The summed E-state index contributed by atoms with van der Waals surface area (Å²) in [5.74, 6) is -1.55. The number of hydrogen-bond acceptors (Lipinski definition) is 5. The number of carbonyl (C=O) groups is 3. The Balaban J connectivity index is 1.67. The number of carbonyl (C=O) groups excluding carboxylic acids is 2. The number of aromatic hydroxyl groups is 1. The molecule has 0 saturated carbocycles. The topological polar surface area (TPSA) is 116 Å². The van der Waals surface area contributed by atoms with E-state index < -0.39 is 24.0 Å². The summed E-state index contributed by atoms with van der Waals surface area (Å²) in [6, 6.07) is 21.7. The van der Waals surface area contributed by atoms with Gasteiger partial charge in [-0.15, -0.1) is 0 Å². The highest BCUT2D eigenvalue weighted by molar-refractivity contribution is 5.83. The first-order valence-electron chi connectivity index (χ1n) is 12.6. The Morgan fingerprint density at radius 2 is 1.61 bits per heavy atom. The Bertz CT molecular complexity index is 1210. The van der Waals surface area contributed by atoms with E-state index in [0.717, 1.165) is 16.7 Å². The molecule has 0 aliphatic carbocycles. The van der Waals surface area contributed by atoms with Gasteiger partial charge in [0.25, 0.3) is 0 Å². The van der Waals surface area contributed by atoms with Crippen LogP contribution in [0.25, 0.3) is 11.1 Å². The standard InChI is InChI=1S/C30H34N2O6/c1-21(2)19-32(16-15-28(34)38-20-22-9-5-3-6-10-22)30(37)31-27(29(35)36)18-24-17-25(33)13-14-26(24)23-11-7-4-8-12-23/h3-14,17,21,27,33H,15-16,18-20H2,1-2H3,(H,31,37)(H,35,36)/t27-/m0/s1. The predicted molar refractivity (Wildman–Crippen MR) is 144 cm³/mol. The lowest BCUT2D eigenvalue weighted by atomic mass is 9.95. The van der Waals surface area contributed by atoms with Crippen LogP contribution >= 0.6 is 0 Å². The van der Waals surface area contributed by atoms with E-state index in [1.54, 1.807) is 12.1 Å². The zero-order valence-corrected chi connectivity index (χ0v) is 21.7. The Morgan fingerprint density at radius 3 is 2.24 bits per heavy atom. The van der Waals surface area contributed by atoms with E-state index in [-0.39, 0.29) is 37.7 Å². The van der Waals surface area contributed by atoms with E-state index in [2.05, 4.69) is 5.32 Å². The number of carboxylic acid groups (broad SMARTS) is 1. The summed E-state index contributed by atoms with van der Waals surface area (Å²) in [6.45, 7) is 4.44. The number of urea groups is 1. The zero-order valence-electron chi connectivity index (χ0n) is 21.7. The van der Waals surface area contributed by atoms with Gasteiger partial charge >= 0.3 is 18.0 Å². The molecular formula is C30H34N2O6. The molecular weight excluding hydrogens is 484 g/mol. The van der Waals surface area contributed by atoms with Crippen molar-refractivity contribution < 1.29 is 29.3 Å². The number of ether oxygens (including phenoxy) is 1. The minimum absolute atomic E-state index is 0.00518. The van der Waals surface area contributed by atoms with E-state index in [1.807, 2.05) is 74.5 Å². The second kappa shape index (κ2) is 13.8. The second-order valence-corrected chi connectivity index (χ2v) is 9.49. The van der Waals surface area contributed by atoms with Gasteiger partial charge in [-0.25, -0.2) is 9.59 Å². The van der Waals surface area contributed by atoms with Crippen LogP contribution < -0.4 is 5.32 Å². The van der Waals surface area contributed by atoms with Gasteiger partial charge in [0.05, 0.1) is 6.42 Å². The van der Waals surface area contributed by atoms with Crippen molar-refractivity contribution in [1.29, 1.82) is 0 Å². The third-order valence-corrected chi connectivity index (χ3v) is 5.89. The van der Waals surface area contributed by atoms with Crippen LogP contribution in [0.3, 0.4) is 0 Å². The van der Waals surface area contributed by atoms with Gasteiger partial charge in [0.1, 0.15) is 18.4 Å². The number of phenolic OH excluding ortho intramolecular Hbond substituents is 1. The number of nitrogens with one attached hydrogen (secondary N) is 1. The lowest BCUT2D eigenvalue weighted by Crippen LogP contribution is -2.50. The van der Waals surface area contributed by atoms with E-state index in [0.29, 0.717) is 12.1 Å². The van der Waals surface area contributed by atoms with Crippen molar-refractivity contribution in [2.24, 2.45) is 5.92 Å². The van der Waals surface area contributed by atoms with Crippen molar-refractivity contribution in [3.63, 3.8) is 0 Å². The van der Waals surface area contributed by atoms with Gasteiger partial charge in [-0.05, 0) is 40.3 Å². The second-order valence-electron chi connectivity index (χ2n) is 9.49. The molecule has 38 heavy (non-hydrogen) atoms. The van der Waals surface area contributed by atoms with Crippen molar-refractivity contribution in [3.05, 3.63) is 90.0 Å². The van der Waals surface area contributed by atoms with Gasteiger partial charge in [-0.2, -0.15) is 0 Å². The molecule has 200 valence electrons. The molecule has 3 rings (SSSR count). The van der Waals surface area contributed by atoms with Gasteiger partial charge in [-0.3, -0.25) is 4.79 Å². The SMILES string of the molecule is CC(C)CN(CCC(=O)OCc1ccccc1)C(=O)N[C@@H](Cc1cc(O)ccc1-c1ccccc1)C(=O)O. The summed E-state index contributed by atoms with van der Waals surface area (Å²) < 4.78 is 5.31. The number of aliphatic carboxylic acids is 1. The number of carboxylic acids is 1. The molecule has 3 aromatic carbocycles. The summed E-state index contributed by atoms with van der Waals surface area (Å²) in [5, 5.41) is 22.6. The fourth-order valence-electron chi connectivity index (χ4n) is 4.06. The minimum atomic E-state index is -1.24. The fourth-order valence-corrected chi connectivity index (χ4v) is 4.06. The minimum Gasteiger partial charge on any atom is -0.508 e. The summed E-state index contributed by atoms with van der Waals surface area (Å²) in [5.41, 5.74) is 3.09. The monoisotopic (exact) mass is 518 g/mol. The maximum Gasteiger partial charge on any atom is 0.326 e. The van der Waals surface area contributed by atoms with E-state index >= 15 is 0 Å². The number of amides is 2. The van der Waals surface area contributed by atoms with Crippen LogP contribution in [-0.2, 0) is 27.4 Å². The molecule has 0 fully saturated rings. The Morgan fingerprint density at radius 1 is 0.947 bits per heavy atom. The molecule has 0 unspecified atom stereocenters. The van der Waals surface area contributed by atoms with Crippen molar-refractivity contribution in [2.75, 3.05) is 13.1 Å². The molecule has 3 N–H and O–H groups in total. The average Bonchev–Trinajstić information content (AvgIpc) is 2.90. The third-order valence-electron chi connectivity index (χ3n) is 5.89. The number of esters is 1. The molecule has 0 radical (unpaired) electrons. The number of nitrogens with zero attached hydrogens (tertiary/aromatic N) is 1. The summed E-state index contributed by atoms with van der Waals surface area (Å²) in [6.07, 6.45) is -0.0518. The maximum absolute atomic E-state index is 13.1. The smallest absolute Gasteiger partial charge is 0.326 e. The molecule has 0 heterocycles. The van der Waals surface area contributed by atoms with E-state index in [9.17, 15) is 24.6 Å². The lowest BCUT2D eigenvalue weighted by Gasteiger charge is -2.27. The van der Waals surface area contributed by atoms with Gasteiger partial charge in [-0.1, -0.05) is 80.6 Å². The van der Waals surface area contributed by atoms with Crippen LogP contribution in [0.4, 0.5) is 4.79 Å². The number of phenols is 1.